The third kappa shape index (κ3) is 3.18. The van der Waals surface area contributed by atoms with Crippen molar-refractivity contribution in [3.05, 3.63) is 53.9 Å². The maximum atomic E-state index is 12.4. The lowest BCUT2D eigenvalue weighted by atomic mass is 9.91. The van der Waals surface area contributed by atoms with Gasteiger partial charge >= 0.3 is 5.97 Å². The summed E-state index contributed by atoms with van der Waals surface area (Å²) in [6.07, 6.45) is 4.40. The summed E-state index contributed by atoms with van der Waals surface area (Å²) in [5.74, 6) is -1.69. The van der Waals surface area contributed by atoms with Gasteiger partial charge in [0.05, 0.1) is 12.0 Å². The molecule has 0 saturated carbocycles. The molecule has 1 aliphatic rings. The molecule has 1 fully saturated rings. The Labute approximate surface area is 140 Å². The average Bonchev–Trinajstić information content (AvgIpc) is 3.17. The molecule has 126 valence electrons. The molecule has 1 aromatic heterocycles. The average molecular weight is 327 g/mol. The zero-order valence-electron chi connectivity index (χ0n) is 13.6. The van der Waals surface area contributed by atoms with Crippen LogP contribution in [0.1, 0.15) is 30.0 Å². The van der Waals surface area contributed by atoms with E-state index in [0.717, 1.165) is 17.5 Å². The molecule has 1 amide bonds. The van der Waals surface area contributed by atoms with Gasteiger partial charge in [0, 0.05) is 31.9 Å². The normalized spacial score (nSPS) is 20.5. The molecule has 2 heterocycles. The molecule has 1 saturated heterocycles. The lowest BCUT2D eigenvalue weighted by Crippen LogP contribution is -2.32. The van der Waals surface area contributed by atoms with Crippen molar-refractivity contribution in [1.82, 2.24) is 14.7 Å². The molecule has 0 spiro atoms. The van der Waals surface area contributed by atoms with E-state index in [1.54, 1.807) is 11.1 Å². The van der Waals surface area contributed by atoms with Crippen molar-refractivity contribution < 1.29 is 14.7 Å². The predicted molar refractivity (Wildman–Crippen MR) is 88.2 cm³/mol. The quantitative estimate of drug-likeness (QED) is 0.883. The van der Waals surface area contributed by atoms with Crippen molar-refractivity contribution in [3.8, 4) is 0 Å². The molecule has 6 nitrogen and oxygen atoms in total. The predicted octanol–water partition coefficient (Wildman–Crippen LogP) is 2.26. The van der Waals surface area contributed by atoms with Gasteiger partial charge in [-0.3, -0.25) is 14.3 Å². The molecule has 24 heavy (non-hydrogen) atoms. The number of likely N-dealkylation sites (tertiary alicyclic amines) is 1. The number of benzene rings is 1. The lowest BCUT2D eigenvalue weighted by molar-refractivity contribution is -0.142. The second-order valence-electron chi connectivity index (χ2n) is 6.16. The van der Waals surface area contributed by atoms with Crippen molar-refractivity contribution >= 4 is 11.9 Å². The van der Waals surface area contributed by atoms with Gasteiger partial charge in [-0.2, -0.15) is 5.10 Å². The number of carboxylic acid groups (broad SMARTS) is 1. The van der Waals surface area contributed by atoms with Crippen molar-refractivity contribution in [2.45, 2.75) is 32.4 Å². The minimum absolute atomic E-state index is 0.0656. The van der Waals surface area contributed by atoms with Gasteiger partial charge in [-0.1, -0.05) is 24.3 Å². The molecule has 2 aromatic rings. The molecular weight excluding hydrogens is 306 g/mol. The topological polar surface area (TPSA) is 75.4 Å². The van der Waals surface area contributed by atoms with Gasteiger partial charge in [-0.15, -0.1) is 0 Å². The van der Waals surface area contributed by atoms with Gasteiger partial charge in [0.2, 0.25) is 5.91 Å². The summed E-state index contributed by atoms with van der Waals surface area (Å²) < 4.78 is 1.82. The number of hydrogen-bond donors (Lipinski definition) is 1. The molecule has 1 aliphatic heterocycles. The number of aromatic nitrogens is 2. The fourth-order valence-corrected chi connectivity index (χ4v) is 3.41. The molecule has 0 aliphatic carbocycles. The first-order valence-electron chi connectivity index (χ1n) is 8.13. The summed E-state index contributed by atoms with van der Waals surface area (Å²) in [5, 5.41) is 13.7. The van der Waals surface area contributed by atoms with E-state index in [4.69, 9.17) is 0 Å². The summed E-state index contributed by atoms with van der Waals surface area (Å²) in [7, 11) is 0. The number of carbonyl (C=O) groups excluding carboxylic acids is 1. The third-order valence-electron chi connectivity index (χ3n) is 4.60. The number of rotatable bonds is 6. The summed E-state index contributed by atoms with van der Waals surface area (Å²) in [6.45, 7) is 3.19. The van der Waals surface area contributed by atoms with Crippen LogP contribution in [0.5, 0.6) is 0 Å². The van der Waals surface area contributed by atoms with E-state index >= 15 is 0 Å². The molecule has 6 heteroatoms. The van der Waals surface area contributed by atoms with E-state index in [1.165, 1.54) is 0 Å². The van der Waals surface area contributed by atoms with Crippen molar-refractivity contribution in [3.63, 3.8) is 0 Å². The highest BCUT2D eigenvalue weighted by molar-refractivity contribution is 5.87. The van der Waals surface area contributed by atoms with Crippen LogP contribution in [0.15, 0.2) is 42.7 Å². The van der Waals surface area contributed by atoms with Gasteiger partial charge in [-0.05, 0) is 30.5 Å². The highest BCUT2D eigenvalue weighted by Gasteiger charge is 2.44. The molecule has 0 bridgehead atoms. The number of hydrogen-bond acceptors (Lipinski definition) is 3. The standard InChI is InChI=1S/C18H21N3O3/c1-13-6-2-3-7-14(13)17-15(18(23)24)12-16(22)21(17)11-5-10-20-9-4-8-19-20/h2-4,6-9,15,17H,5,10-12H2,1H3,(H,23,24)/t15-,17+/m1/s1. The Balaban J connectivity index is 1.80. The number of carbonyl (C=O) groups is 2. The highest BCUT2D eigenvalue weighted by Crippen LogP contribution is 2.39. The Hall–Kier alpha value is -2.63. The van der Waals surface area contributed by atoms with E-state index in [2.05, 4.69) is 5.10 Å². The number of nitrogens with zero attached hydrogens (tertiary/aromatic N) is 3. The van der Waals surface area contributed by atoms with E-state index in [1.807, 2.05) is 48.1 Å². The fourth-order valence-electron chi connectivity index (χ4n) is 3.41. The minimum atomic E-state index is -0.911. The van der Waals surface area contributed by atoms with E-state index < -0.39 is 17.9 Å². The molecule has 0 unspecified atom stereocenters. The van der Waals surface area contributed by atoms with Gasteiger partial charge in [0.15, 0.2) is 0 Å². The number of aryl methyl sites for hydroxylation is 2. The number of amides is 1. The van der Waals surface area contributed by atoms with Gasteiger partial charge in [0.1, 0.15) is 0 Å². The highest BCUT2D eigenvalue weighted by atomic mass is 16.4. The van der Waals surface area contributed by atoms with Crippen molar-refractivity contribution in [1.29, 1.82) is 0 Å². The zero-order valence-corrected chi connectivity index (χ0v) is 13.6. The Kier molecular flexibility index (Phi) is 4.64. The SMILES string of the molecule is Cc1ccccc1[C@H]1[C@H](C(=O)O)CC(=O)N1CCCn1cccn1. The Bertz CT molecular complexity index is 727. The second-order valence-corrected chi connectivity index (χ2v) is 6.16. The second kappa shape index (κ2) is 6.86. The van der Waals surface area contributed by atoms with E-state index in [0.29, 0.717) is 13.1 Å². The minimum Gasteiger partial charge on any atom is -0.481 e. The van der Waals surface area contributed by atoms with Crippen LogP contribution in [0.25, 0.3) is 0 Å². The van der Waals surface area contributed by atoms with Crippen LogP contribution in [0, 0.1) is 12.8 Å². The smallest absolute Gasteiger partial charge is 0.309 e. The Morgan fingerprint density at radius 3 is 2.75 bits per heavy atom. The van der Waals surface area contributed by atoms with E-state index in [-0.39, 0.29) is 12.3 Å². The van der Waals surface area contributed by atoms with Gasteiger partial charge in [-0.25, -0.2) is 0 Å². The molecule has 3 rings (SSSR count). The van der Waals surface area contributed by atoms with Gasteiger partial charge in [0.25, 0.3) is 0 Å². The van der Waals surface area contributed by atoms with Crippen LogP contribution in [0.3, 0.4) is 0 Å². The lowest BCUT2D eigenvalue weighted by Gasteiger charge is -2.28. The van der Waals surface area contributed by atoms with E-state index in [9.17, 15) is 14.7 Å². The molecule has 1 N–H and O–H groups in total. The van der Waals surface area contributed by atoms with Crippen LogP contribution in [-0.2, 0) is 16.1 Å². The van der Waals surface area contributed by atoms with Crippen LogP contribution in [-0.4, -0.2) is 38.2 Å². The summed E-state index contributed by atoms with van der Waals surface area (Å²) >= 11 is 0. The molecule has 2 atom stereocenters. The fraction of sp³-hybridized carbons (Fsp3) is 0.389. The molecule has 1 aromatic carbocycles. The zero-order chi connectivity index (χ0) is 17.1. The number of aliphatic carboxylic acids is 1. The van der Waals surface area contributed by atoms with Crippen LogP contribution in [0.4, 0.5) is 0 Å². The van der Waals surface area contributed by atoms with Crippen molar-refractivity contribution in [2.24, 2.45) is 5.92 Å². The summed E-state index contributed by atoms with van der Waals surface area (Å²) in [6, 6.07) is 9.17. The first kappa shape index (κ1) is 16.2. The first-order chi connectivity index (χ1) is 11.6. The monoisotopic (exact) mass is 327 g/mol. The Morgan fingerprint density at radius 2 is 2.08 bits per heavy atom. The van der Waals surface area contributed by atoms with Gasteiger partial charge < -0.3 is 10.0 Å². The van der Waals surface area contributed by atoms with Crippen LogP contribution >= 0.6 is 0 Å². The summed E-state index contributed by atoms with van der Waals surface area (Å²) in [5.41, 5.74) is 1.94. The Morgan fingerprint density at radius 1 is 1.29 bits per heavy atom. The van der Waals surface area contributed by atoms with Crippen LogP contribution < -0.4 is 0 Å². The van der Waals surface area contributed by atoms with Crippen LogP contribution in [0.2, 0.25) is 0 Å². The maximum Gasteiger partial charge on any atom is 0.309 e. The largest absolute Gasteiger partial charge is 0.481 e. The maximum absolute atomic E-state index is 12.4. The molecular formula is C18H21N3O3. The van der Waals surface area contributed by atoms with Crippen molar-refractivity contribution in [2.75, 3.05) is 6.54 Å². The first-order valence-corrected chi connectivity index (χ1v) is 8.13. The third-order valence-corrected chi connectivity index (χ3v) is 4.60. The number of carboxylic acids is 1. The summed E-state index contributed by atoms with van der Waals surface area (Å²) in [4.78, 5) is 25.8. The molecule has 0 radical (unpaired) electrons.